The van der Waals surface area contributed by atoms with Gasteiger partial charge >= 0.3 is 0 Å². The van der Waals surface area contributed by atoms with Gasteiger partial charge in [-0.15, -0.1) is 0 Å². The van der Waals surface area contributed by atoms with Crippen LogP contribution in [0.15, 0.2) is 0 Å². The molecule has 0 aromatic rings. The van der Waals surface area contributed by atoms with Crippen LogP contribution in [0.5, 0.6) is 0 Å². The van der Waals surface area contributed by atoms with Crippen LogP contribution in [0.4, 0.5) is 0 Å². The maximum atomic E-state index is 2.18. The van der Waals surface area contributed by atoms with E-state index in [0.717, 1.165) is 0 Å². The average Bonchev–Trinajstić information content (AvgIpc) is 2.53. The molecule has 0 nitrogen and oxygen atoms in total. The third kappa shape index (κ3) is 802. The SMILES string of the molecule is C.C.C.C.CC.CC.CC.CCCC.CCCC.CCCC. The fourth-order valence-electron chi connectivity index (χ4n) is 0. The van der Waals surface area contributed by atoms with E-state index in [9.17, 15) is 0 Å². The van der Waals surface area contributed by atoms with E-state index in [0.29, 0.717) is 0 Å². The predicted octanol–water partition coefficient (Wildman–Crippen LogP) is 11.0. The first-order valence-corrected chi connectivity index (χ1v) is 8.74. The van der Waals surface area contributed by atoms with Gasteiger partial charge in [-0.25, -0.2) is 0 Å². The summed E-state index contributed by atoms with van der Waals surface area (Å²) < 4.78 is 0. The first-order valence-electron chi connectivity index (χ1n) is 8.74. The molecule has 0 heterocycles. The van der Waals surface area contributed by atoms with Crippen molar-refractivity contribution in [3.05, 3.63) is 0 Å². The van der Waals surface area contributed by atoms with E-state index in [1.807, 2.05) is 41.5 Å². The van der Waals surface area contributed by atoms with Crippen molar-refractivity contribution in [1.82, 2.24) is 0 Å². The third-order valence-corrected chi connectivity index (χ3v) is 1.50. The smallest absolute Gasteiger partial charge is 0.0564 e. The van der Waals surface area contributed by atoms with Crippen molar-refractivity contribution in [2.75, 3.05) is 0 Å². The lowest BCUT2D eigenvalue weighted by molar-refractivity contribution is 0.886. The van der Waals surface area contributed by atoms with E-state index < -0.39 is 0 Å². The van der Waals surface area contributed by atoms with Crippen LogP contribution in [0.3, 0.4) is 0 Å². The van der Waals surface area contributed by atoms with Crippen molar-refractivity contribution in [2.24, 2.45) is 0 Å². The topological polar surface area (TPSA) is 0 Å². The zero-order valence-electron chi connectivity index (χ0n) is 16.2. The minimum atomic E-state index is 0. The van der Waals surface area contributed by atoms with Gasteiger partial charge in [0.25, 0.3) is 0 Å². The molecular formula is C22H64. The molecule has 0 atom stereocenters. The van der Waals surface area contributed by atoms with E-state index in [1.54, 1.807) is 0 Å². The molecule has 0 aliphatic rings. The maximum Gasteiger partial charge on any atom is -0.0564 e. The lowest BCUT2D eigenvalue weighted by Gasteiger charge is -1.68. The lowest BCUT2D eigenvalue weighted by Crippen LogP contribution is -1.47. The van der Waals surface area contributed by atoms with Crippen molar-refractivity contribution in [2.45, 2.75) is 151 Å². The van der Waals surface area contributed by atoms with Crippen LogP contribution < -0.4 is 0 Å². The second kappa shape index (κ2) is 233. The van der Waals surface area contributed by atoms with Gasteiger partial charge in [0, 0.05) is 0 Å². The molecule has 0 spiro atoms. The van der Waals surface area contributed by atoms with Crippen LogP contribution in [-0.4, -0.2) is 0 Å². The molecule has 0 aliphatic heterocycles. The molecule has 152 valence electrons. The Balaban J connectivity index is -0.00000000975. The predicted molar refractivity (Wildman–Crippen MR) is 123 cm³/mol. The highest BCUT2D eigenvalue weighted by molar-refractivity contribution is 4.13. The summed E-state index contributed by atoms with van der Waals surface area (Å²) in [6.07, 6.45) is 7.92. The molecule has 0 radical (unpaired) electrons. The molecule has 0 heteroatoms. The Hall–Kier alpha value is 0. The molecule has 0 aliphatic carbocycles. The molecule has 0 fully saturated rings. The zero-order chi connectivity index (χ0) is 16.2. The van der Waals surface area contributed by atoms with Gasteiger partial charge < -0.3 is 0 Å². The van der Waals surface area contributed by atoms with Crippen molar-refractivity contribution in [3.8, 4) is 0 Å². The van der Waals surface area contributed by atoms with Gasteiger partial charge in [-0.2, -0.15) is 0 Å². The Labute approximate surface area is 151 Å². The number of unbranched alkanes of at least 4 members (excludes halogenated alkanes) is 3. The lowest BCUT2D eigenvalue weighted by atomic mass is 10.4. The first-order chi connectivity index (χ1) is 8.74. The van der Waals surface area contributed by atoms with Gasteiger partial charge in [0.05, 0.1) is 0 Å². The van der Waals surface area contributed by atoms with E-state index >= 15 is 0 Å². The Bertz CT molecular complexity index is 15.5. The molecule has 0 aromatic heterocycles. The molecule has 22 heavy (non-hydrogen) atoms. The van der Waals surface area contributed by atoms with Gasteiger partial charge in [0.1, 0.15) is 0 Å². The number of rotatable bonds is 3. The molecular weight excluding hydrogens is 264 g/mol. The summed E-state index contributed by atoms with van der Waals surface area (Å²) in [6, 6.07) is 0. The van der Waals surface area contributed by atoms with E-state index in [2.05, 4.69) is 41.5 Å². The third-order valence-electron chi connectivity index (χ3n) is 1.50. The van der Waals surface area contributed by atoms with Gasteiger partial charge in [-0.05, 0) is 0 Å². The van der Waals surface area contributed by atoms with Crippen LogP contribution in [0.25, 0.3) is 0 Å². The highest BCUT2D eigenvalue weighted by Gasteiger charge is 1.57. The van der Waals surface area contributed by atoms with Gasteiger partial charge in [0.2, 0.25) is 0 Å². The fourth-order valence-corrected chi connectivity index (χ4v) is 0. The van der Waals surface area contributed by atoms with Crippen LogP contribution >= 0.6 is 0 Å². The summed E-state index contributed by atoms with van der Waals surface area (Å²) in [6.45, 7) is 25.1. The van der Waals surface area contributed by atoms with E-state index in [4.69, 9.17) is 0 Å². The first kappa shape index (κ1) is 67.4. The summed E-state index contributed by atoms with van der Waals surface area (Å²) in [5, 5.41) is 0. The summed E-state index contributed by atoms with van der Waals surface area (Å²) in [5.41, 5.74) is 0. The minimum absolute atomic E-state index is 0. The molecule has 0 saturated carbocycles. The second-order valence-corrected chi connectivity index (χ2v) is 3.00. The van der Waals surface area contributed by atoms with Gasteiger partial charge in [-0.1, -0.05) is 151 Å². The molecule has 0 bridgehead atoms. The maximum absolute atomic E-state index is 2.18. The van der Waals surface area contributed by atoms with E-state index in [1.165, 1.54) is 38.5 Å². The normalized spacial score (nSPS) is 4.91. The van der Waals surface area contributed by atoms with Gasteiger partial charge in [0.15, 0.2) is 0 Å². The molecule has 0 unspecified atom stereocenters. The van der Waals surface area contributed by atoms with Crippen LogP contribution in [0.2, 0.25) is 0 Å². The van der Waals surface area contributed by atoms with Crippen LogP contribution in [0, 0.1) is 0 Å². The summed E-state index contributed by atoms with van der Waals surface area (Å²) in [7, 11) is 0. The summed E-state index contributed by atoms with van der Waals surface area (Å²) in [4.78, 5) is 0. The van der Waals surface area contributed by atoms with Crippen LogP contribution in [-0.2, 0) is 0 Å². The monoisotopic (exact) mass is 329 g/mol. The quantitative estimate of drug-likeness (QED) is 0.483. The molecule has 0 saturated heterocycles. The van der Waals surface area contributed by atoms with Gasteiger partial charge in [-0.3, -0.25) is 0 Å². The Morgan fingerprint density at radius 3 is 0.318 bits per heavy atom. The van der Waals surface area contributed by atoms with Crippen LogP contribution in [0.1, 0.15) is 151 Å². The summed E-state index contributed by atoms with van der Waals surface area (Å²) >= 11 is 0. The highest BCUT2D eigenvalue weighted by Crippen LogP contribution is 1.77. The number of hydrogen-bond donors (Lipinski definition) is 0. The van der Waals surface area contributed by atoms with E-state index in [-0.39, 0.29) is 29.7 Å². The van der Waals surface area contributed by atoms with Crippen molar-refractivity contribution in [3.63, 3.8) is 0 Å². The van der Waals surface area contributed by atoms with Crippen molar-refractivity contribution >= 4 is 0 Å². The largest absolute Gasteiger partial charge is 0.0776 e. The molecule has 0 N–H and O–H groups in total. The van der Waals surface area contributed by atoms with Crippen molar-refractivity contribution in [1.29, 1.82) is 0 Å². The van der Waals surface area contributed by atoms with Crippen molar-refractivity contribution < 1.29 is 0 Å². The standard InChI is InChI=1S/3C4H10.3C2H6.4CH4/c3*1-3-4-2;3*1-2;;;;/h3*3-4H2,1-2H3;3*1-2H3;4*1H4. The summed E-state index contributed by atoms with van der Waals surface area (Å²) in [5.74, 6) is 0. The second-order valence-electron chi connectivity index (χ2n) is 3.00. The number of hydrogen-bond acceptors (Lipinski definition) is 0. The highest BCUT2D eigenvalue weighted by atomic mass is 13.6. The average molecular weight is 329 g/mol. The fraction of sp³-hybridized carbons (Fsp3) is 1.00. The Kier molecular flexibility index (Phi) is 715. The molecule has 0 amide bonds. The minimum Gasteiger partial charge on any atom is -0.0776 e. The Morgan fingerprint density at radius 2 is 0.318 bits per heavy atom. The molecule has 0 rings (SSSR count). The Morgan fingerprint density at radius 1 is 0.273 bits per heavy atom. The zero-order valence-corrected chi connectivity index (χ0v) is 16.2. The molecule has 0 aromatic carbocycles.